The van der Waals surface area contributed by atoms with E-state index in [0.29, 0.717) is 0 Å². The Morgan fingerprint density at radius 2 is 2.05 bits per heavy atom. The van der Waals surface area contributed by atoms with Crippen LogP contribution in [0.25, 0.3) is 0 Å². The Hall–Kier alpha value is -1.74. The van der Waals surface area contributed by atoms with Crippen molar-refractivity contribution < 1.29 is 9.15 Å². The molecule has 0 bridgehead atoms. The lowest BCUT2D eigenvalue weighted by molar-refractivity contribution is 0.232. The number of hydrogen-bond acceptors (Lipinski definition) is 3. The largest absolute Gasteiger partial charge is 0.492 e. The fourth-order valence-electron chi connectivity index (χ4n) is 2.81. The van der Waals surface area contributed by atoms with Crippen molar-refractivity contribution in [2.45, 2.75) is 12.8 Å². The van der Waals surface area contributed by atoms with Crippen LogP contribution >= 0.6 is 0 Å². The van der Waals surface area contributed by atoms with E-state index < -0.39 is 0 Å². The van der Waals surface area contributed by atoms with Crippen molar-refractivity contribution in [3.05, 3.63) is 54.5 Å². The zero-order valence-corrected chi connectivity index (χ0v) is 11.7. The van der Waals surface area contributed by atoms with Crippen molar-refractivity contribution in [2.24, 2.45) is 5.92 Å². The van der Waals surface area contributed by atoms with Crippen LogP contribution in [0.4, 0.5) is 0 Å². The molecule has 0 radical (unpaired) electrons. The first-order valence-electron chi connectivity index (χ1n) is 7.33. The van der Waals surface area contributed by atoms with Gasteiger partial charge in [0.2, 0.25) is 0 Å². The van der Waals surface area contributed by atoms with Crippen molar-refractivity contribution in [3.63, 3.8) is 0 Å². The molecule has 3 rings (SSSR count). The maximum Gasteiger partial charge on any atom is 0.119 e. The van der Waals surface area contributed by atoms with Gasteiger partial charge in [0.25, 0.3) is 0 Å². The molecular weight excluding hydrogens is 250 g/mol. The lowest BCUT2D eigenvalue weighted by atomic mass is 10.0. The normalized spacial score (nSPS) is 19.3. The number of para-hydroxylation sites is 1. The van der Waals surface area contributed by atoms with Crippen LogP contribution in [-0.4, -0.2) is 31.1 Å². The second kappa shape index (κ2) is 6.62. The molecule has 1 aromatic heterocycles. The summed E-state index contributed by atoms with van der Waals surface area (Å²) in [5.74, 6) is 2.79. The molecule has 0 saturated carbocycles. The molecule has 1 unspecified atom stereocenters. The number of rotatable bonds is 6. The van der Waals surface area contributed by atoms with Gasteiger partial charge < -0.3 is 9.15 Å². The monoisotopic (exact) mass is 271 g/mol. The summed E-state index contributed by atoms with van der Waals surface area (Å²) >= 11 is 0. The summed E-state index contributed by atoms with van der Waals surface area (Å²) in [4.78, 5) is 2.48. The number of furan rings is 1. The average molecular weight is 271 g/mol. The molecule has 3 heteroatoms. The van der Waals surface area contributed by atoms with Crippen LogP contribution in [0, 0.1) is 5.92 Å². The molecule has 0 aliphatic carbocycles. The second-order valence-corrected chi connectivity index (χ2v) is 5.40. The second-order valence-electron chi connectivity index (χ2n) is 5.40. The molecule has 106 valence electrons. The highest BCUT2D eigenvalue weighted by Gasteiger charge is 2.23. The van der Waals surface area contributed by atoms with Crippen molar-refractivity contribution in [1.82, 2.24) is 4.90 Å². The Balaban J connectivity index is 1.37. The van der Waals surface area contributed by atoms with Crippen molar-refractivity contribution in [3.8, 4) is 5.75 Å². The highest BCUT2D eigenvalue weighted by atomic mass is 16.5. The summed E-state index contributed by atoms with van der Waals surface area (Å²) in [5.41, 5.74) is 0. The van der Waals surface area contributed by atoms with Crippen molar-refractivity contribution in [2.75, 3.05) is 26.2 Å². The summed E-state index contributed by atoms with van der Waals surface area (Å²) in [6.07, 6.45) is 4.07. The summed E-state index contributed by atoms with van der Waals surface area (Å²) in [7, 11) is 0. The number of hydrogen-bond donors (Lipinski definition) is 0. The summed E-state index contributed by atoms with van der Waals surface area (Å²) < 4.78 is 11.2. The zero-order valence-electron chi connectivity index (χ0n) is 11.7. The quantitative estimate of drug-likeness (QED) is 0.806. The maximum absolute atomic E-state index is 5.75. The maximum atomic E-state index is 5.75. The molecule has 0 amide bonds. The Labute approximate surface area is 120 Å². The number of likely N-dealkylation sites (tertiary alicyclic amines) is 1. The van der Waals surface area contributed by atoms with Crippen LogP contribution in [0.1, 0.15) is 12.2 Å². The summed E-state index contributed by atoms with van der Waals surface area (Å²) in [6, 6.07) is 14.1. The van der Waals surface area contributed by atoms with Crippen LogP contribution in [0.2, 0.25) is 0 Å². The van der Waals surface area contributed by atoms with E-state index in [9.17, 15) is 0 Å². The topological polar surface area (TPSA) is 25.6 Å². The molecule has 1 aliphatic rings. The SMILES string of the molecule is c1ccc(OCCN2CCC(Cc3ccco3)C2)cc1. The minimum absolute atomic E-state index is 0.720. The van der Waals surface area contributed by atoms with E-state index in [1.165, 1.54) is 13.0 Å². The minimum Gasteiger partial charge on any atom is -0.492 e. The van der Waals surface area contributed by atoms with Crippen LogP contribution in [-0.2, 0) is 6.42 Å². The van der Waals surface area contributed by atoms with Gasteiger partial charge in [-0.2, -0.15) is 0 Å². The molecule has 1 aromatic carbocycles. The van der Waals surface area contributed by atoms with E-state index in [4.69, 9.17) is 9.15 Å². The summed E-state index contributed by atoms with van der Waals surface area (Å²) in [6.45, 7) is 4.09. The van der Waals surface area contributed by atoms with Gasteiger partial charge in [-0.05, 0) is 43.1 Å². The van der Waals surface area contributed by atoms with Gasteiger partial charge >= 0.3 is 0 Å². The molecule has 0 N–H and O–H groups in total. The predicted molar refractivity (Wildman–Crippen MR) is 78.9 cm³/mol. The summed E-state index contributed by atoms with van der Waals surface area (Å²) in [5, 5.41) is 0. The third kappa shape index (κ3) is 3.64. The third-order valence-corrected chi connectivity index (χ3v) is 3.86. The number of ether oxygens (including phenoxy) is 1. The van der Waals surface area contributed by atoms with Gasteiger partial charge in [-0.3, -0.25) is 4.90 Å². The van der Waals surface area contributed by atoms with E-state index in [1.807, 2.05) is 36.4 Å². The van der Waals surface area contributed by atoms with Gasteiger partial charge in [-0.1, -0.05) is 18.2 Å². The molecule has 1 fully saturated rings. The molecule has 1 atom stereocenters. The Morgan fingerprint density at radius 3 is 2.85 bits per heavy atom. The van der Waals surface area contributed by atoms with Gasteiger partial charge in [0.05, 0.1) is 6.26 Å². The van der Waals surface area contributed by atoms with Crippen LogP contribution in [0.15, 0.2) is 53.1 Å². The van der Waals surface area contributed by atoms with Gasteiger partial charge in [0, 0.05) is 19.5 Å². The Kier molecular flexibility index (Phi) is 4.38. The van der Waals surface area contributed by atoms with Crippen molar-refractivity contribution in [1.29, 1.82) is 0 Å². The first-order valence-corrected chi connectivity index (χ1v) is 7.33. The van der Waals surface area contributed by atoms with Gasteiger partial charge in [0.15, 0.2) is 0 Å². The van der Waals surface area contributed by atoms with E-state index in [2.05, 4.69) is 11.0 Å². The Bertz CT molecular complexity index is 495. The smallest absolute Gasteiger partial charge is 0.119 e. The lowest BCUT2D eigenvalue weighted by Crippen LogP contribution is -2.26. The highest BCUT2D eigenvalue weighted by Crippen LogP contribution is 2.20. The van der Waals surface area contributed by atoms with Crippen LogP contribution < -0.4 is 4.74 Å². The minimum atomic E-state index is 0.720. The molecule has 1 saturated heterocycles. The number of benzene rings is 1. The van der Waals surface area contributed by atoms with E-state index in [1.54, 1.807) is 6.26 Å². The lowest BCUT2D eigenvalue weighted by Gasteiger charge is -2.16. The average Bonchev–Trinajstić information content (AvgIpc) is 3.13. The van der Waals surface area contributed by atoms with E-state index in [-0.39, 0.29) is 0 Å². The number of nitrogens with zero attached hydrogens (tertiary/aromatic N) is 1. The Morgan fingerprint density at radius 1 is 1.15 bits per heavy atom. The van der Waals surface area contributed by atoms with Crippen molar-refractivity contribution >= 4 is 0 Å². The first-order chi connectivity index (χ1) is 9.90. The zero-order chi connectivity index (χ0) is 13.6. The van der Waals surface area contributed by atoms with E-state index >= 15 is 0 Å². The molecule has 20 heavy (non-hydrogen) atoms. The molecule has 2 heterocycles. The highest BCUT2D eigenvalue weighted by molar-refractivity contribution is 5.20. The fourth-order valence-corrected chi connectivity index (χ4v) is 2.81. The molecule has 2 aromatic rings. The standard InChI is InChI=1S/C17H21NO2/c1-2-5-16(6-3-1)20-12-10-18-9-8-15(14-18)13-17-7-4-11-19-17/h1-7,11,15H,8-10,12-14H2. The molecular formula is C17H21NO2. The van der Waals surface area contributed by atoms with Gasteiger partial charge in [-0.25, -0.2) is 0 Å². The van der Waals surface area contributed by atoms with Gasteiger partial charge in [0.1, 0.15) is 18.1 Å². The predicted octanol–water partition coefficient (Wildman–Crippen LogP) is 3.22. The van der Waals surface area contributed by atoms with Gasteiger partial charge in [-0.15, -0.1) is 0 Å². The molecule has 0 spiro atoms. The third-order valence-electron chi connectivity index (χ3n) is 3.86. The van der Waals surface area contributed by atoms with Crippen LogP contribution in [0.3, 0.4) is 0 Å². The van der Waals surface area contributed by atoms with Crippen LogP contribution in [0.5, 0.6) is 5.75 Å². The molecule has 1 aliphatic heterocycles. The molecule has 3 nitrogen and oxygen atoms in total. The van der Waals surface area contributed by atoms with E-state index in [0.717, 1.165) is 43.5 Å². The fraction of sp³-hybridized carbons (Fsp3) is 0.412. The first kappa shape index (κ1) is 13.3.